The molecule has 0 spiro atoms. The highest BCUT2D eigenvalue weighted by molar-refractivity contribution is 5.81. The Kier molecular flexibility index (Phi) is 5.34. The van der Waals surface area contributed by atoms with Gasteiger partial charge in [0.2, 0.25) is 0 Å². The summed E-state index contributed by atoms with van der Waals surface area (Å²) in [6.07, 6.45) is 6.45. The Balaban J connectivity index is 1.70. The summed E-state index contributed by atoms with van der Waals surface area (Å²) in [6.45, 7) is 1.88. The number of hydrogen-bond acceptors (Lipinski definition) is 4. The summed E-state index contributed by atoms with van der Waals surface area (Å²) in [7, 11) is 0. The first-order chi connectivity index (χ1) is 10.2. The second-order valence-corrected chi connectivity index (χ2v) is 4.29. The first kappa shape index (κ1) is 14.6. The average Bonchev–Trinajstić information content (AvgIpc) is 2.98. The summed E-state index contributed by atoms with van der Waals surface area (Å²) in [5, 5.41) is 3.77. The van der Waals surface area contributed by atoms with E-state index in [9.17, 15) is 4.79 Å². The van der Waals surface area contributed by atoms with E-state index in [1.807, 2.05) is 31.2 Å². The highest BCUT2D eigenvalue weighted by Gasteiger charge is 2.00. The van der Waals surface area contributed by atoms with Gasteiger partial charge in [-0.05, 0) is 48.9 Å². The second kappa shape index (κ2) is 7.69. The zero-order chi connectivity index (χ0) is 14.9. The van der Waals surface area contributed by atoms with Crippen molar-refractivity contribution in [3.05, 3.63) is 60.1 Å². The molecule has 1 amide bonds. The van der Waals surface area contributed by atoms with Gasteiger partial charge in [-0.3, -0.25) is 4.79 Å². The van der Waals surface area contributed by atoms with Gasteiger partial charge in [-0.2, -0.15) is 5.10 Å². The molecule has 0 bridgehead atoms. The van der Waals surface area contributed by atoms with E-state index < -0.39 is 0 Å². The fraction of sp³-hybridized carbons (Fsp3) is 0.125. The predicted molar refractivity (Wildman–Crippen MR) is 81.1 cm³/mol. The number of ether oxygens (including phenoxy) is 1. The van der Waals surface area contributed by atoms with Gasteiger partial charge in [0.25, 0.3) is 5.91 Å². The molecule has 0 unspecified atom stereocenters. The number of rotatable bonds is 6. The van der Waals surface area contributed by atoms with Crippen LogP contribution in [0.1, 0.15) is 11.3 Å². The third-order valence-electron chi connectivity index (χ3n) is 2.51. The number of nitrogens with zero attached hydrogens (tertiary/aromatic N) is 1. The molecule has 2 rings (SSSR count). The fourth-order valence-electron chi connectivity index (χ4n) is 1.56. The van der Waals surface area contributed by atoms with Crippen molar-refractivity contribution in [3.63, 3.8) is 0 Å². The van der Waals surface area contributed by atoms with Crippen molar-refractivity contribution < 1.29 is 13.9 Å². The van der Waals surface area contributed by atoms with E-state index in [0.29, 0.717) is 5.75 Å². The molecule has 5 nitrogen and oxygen atoms in total. The van der Waals surface area contributed by atoms with Crippen LogP contribution < -0.4 is 10.2 Å². The van der Waals surface area contributed by atoms with Gasteiger partial charge >= 0.3 is 0 Å². The molecule has 108 valence electrons. The van der Waals surface area contributed by atoms with Crippen LogP contribution >= 0.6 is 0 Å². The largest absolute Gasteiger partial charge is 0.484 e. The van der Waals surface area contributed by atoms with Gasteiger partial charge in [0.1, 0.15) is 11.5 Å². The maximum absolute atomic E-state index is 11.5. The van der Waals surface area contributed by atoms with Crippen LogP contribution in [0.3, 0.4) is 0 Å². The van der Waals surface area contributed by atoms with Crippen LogP contribution in [0.5, 0.6) is 5.75 Å². The molecule has 0 fully saturated rings. The molecule has 5 heteroatoms. The third-order valence-corrected chi connectivity index (χ3v) is 2.51. The maximum Gasteiger partial charge on any atom is 0.277 e. The molecule has 1 N–H and O–H groups in total. The van der Waals surface area contributed by atoms with E-state index in [1.165, 1.54) is 6.21 Å². The van der Waals surface area contributed by atoms with E-state index >= 15 is 0 Å². The molecule has 0 aliphatic heterocycles. The van der Waals surface area contributed by atoms with Crippen LogP contribution in [0, 0.1) is 6.92 Å². The van der Waals surface area contributed by atoms with Crippen molar-refractivity contribution in [1.29, 1.82) is 0 Å². The van der Waals surface area contributed by atoms with Crippen LogP contribution in [0.4, 0.5) is 0 Å². The SMILES string of the molecule is Cc1cccc(OCC(=O)NN=C/C=C/c2ccco2)c1. The van der Waals surface area contributed by atoms with Crippen molar-refractivity contribution in [1.82, 2.24) is 5.43 Å². The highest BCUT2D eigenvalue weighted by atomic mass is 16.5. The molecule has 0 aliphatic rings. The molecule has 0 radical (unpaired) electrons. The van der Waals surface area contributed by atoms with Gasteiger partial charge in [0.05, 0.1) is 6.26 Å². The maximum atomic E-state index is 11.5. The molecule has 0 saturated heterocycles. The second-order valence-electron chi connectivity index (χ2n) is 4.29. The monoisotopic (exact) mass is 284 g/mol. The van der Waals surface area contributed by atoms with Crippen LogP contribution in [0.25, 0.3) is 6.08 Å². The lowest BCUT2D eigenvalue weighted by Gasteiger charge is -2.05. The molecule has 0 aliphatic carbocycles. The standard InChI is InChI=1S/C16H16N2O3/c1-13-5-2-6-15(11-13)21-12-16(19)18-17-9-3-7-14-8-4-10-20-14/h2-11H,12H2,1H3,(H,18,19)/b7-3+,17-9?. The Labute approximate surface area is 122 Å². The molecule has 0 atom stereocenters. The molecule has 2 aromatic rings. The first-order valence-corrected chi connectivity index (χ1v) is 6.45. The molecule has 1 aromatic heterocycles. The Morgan fingerprint density at radius 1 is 1.38 bits per heavy atom. The summed E-state index contributed by atoms with van der Waals surface area (Å²) in [6, 6.07) is 11.1. The normalized spacial score (nSPS) is 11.1. The Bertz CT molecular complexity index is 631. The molecular weight excluding hydrogens is 268 g/mol. The minimum Gasteiger partial charge on any atom is -0.484 e. The van der Waals surface area contributed by atoms with Gasteiger partial charge in [-0.1, -0.05) is 12.1 Å². The number of amides is 1. The number of aryl methyl sites for hydroxylation is 1. The lowest BCUT2D eigenvalue weighted by molar-refractivity contribution is -0.123. The van der Waals surface area contributed by atoms with Gasteiger partial charge in [0, 0.05) is 6.21 Å². The van der Waals surface area contributed by atoms with Gasteiger partial charge < -0.3 is 9.15 Å². The lowest BCUT2D eigenvalue weighted by atomic mass is 10.2. The minimum atomic E-state index is -0.320. The number of hydrogen-bond donors (Lipinski definition) is 1. The Hall–Kier alpha value is -2.82. The zero-order valence-corrected chi connectivity index (χ0v) is 11.7. The summed E-state index contributed by atoms with van der Waals surface area (Å²) in [4.78, 5) is 11.5. The van der Waals surface area contributed by atoms with Crippen LogP contribution in [-0.2, 0) is 4.79 Å². The Morgan fingerprint density at radius 2 is 2.29 bits per heavy atom. The summed E-state index contributed by atoms with van der Waals surface area (Å²) >= 11 is 0. The number of carbonyl (C=O) groups is 1. The number of furan rings is 1. The number of allylic oxidation sites excluding steroid dienone is 1. The summed E-state index contributed by atoms with van der Waals surface area (Å²) in [5.74, 6) is 1.06. The average molecular weight is 284 g/mol. The van der Waals surface area contributed by atoms with Crippen molar-refractivity contribution >= 4 is 18.2 Å². The van der Waals surface area contributed by atoms with Crippen LogP contribution in [0.2, 0.25) is 0 Å². The topological polar surface area (TPSA) is 63.8 Å². The minimum absolute atomic E-state index is 0.0807. The van der Waals surface area contributed by atoms with Gasteiger partial charge in [0.15, 0.2) is 6.61 Å². The van der Waals surface area contributed by atoms with Crippen molar-refractivity contribution in [3.8, 4) is 5.75 Å². The molecule has 1 aromatic carbocycles. The van der Waals surface area contributed by atoms with E-state index in [2.05, 4.69) is 10.5 Å². The molecular formula is C16H16N2O3. The van der Waals surface area contributed by atoms with Crippen molar-refractivity contribution in [2.45, 2.75) is 6.92 Å². The quantitative estimate of drug-likeness (QED) is 0.655. The van der Waals surface area contributed by atoms with Crippen molar-refractivity contribution in [2.24, 2.45) is 5.10 Å². The third kappa shape index (κ3) is 5.36. The number of carbonyl (C=O) groups excluding carboxylic acids is 1. The summed E-state index contributed by atoms with van der Waals surface area (Å²) < 4.78 is 10.4. The van der Waals surface area contributed by atoms with Crippen LogP contribution in [-0.4, -0.2) is 18.7 Å². The zero-order valence-electron chi connectivity index (χ0n) is 11.7. The van der Waals surface area contributed by atoms with E-state index in [1.54, 1.807) is 30.5 Å². The van der Waals surface area contributed by atoms with Crippen LogP contribution in [0.15, 0.2) is 58.3 Å². The van der Waals surface area contributed by atoms with Gasteiger partial charge in [-0.25, -0.2) is 5.43 Å². The first-order valence-electron chi connectivity index (χ1n) is 6.45. The van der Waals surface area contributed by atoms with Gasteiger partial charge in [-0.15, -0.1) is 0 Å². The Morgan fingerprint density at radius 3 is 3.05 bits per heavy atom. The highest BCUT2D eigenvalue weighted by Crippen LogP contribution is 2.11. The number of nitrogens with one attached hydrogen (secondary N) is 1. The van der Waals surface area contributed by atoms with E-state index in [0.717, 1.165) is 11.3 Å². The molecule has 21 heavy (non-hydrogen) atoms. The molecule has 0 saturated carbocycles. The number of hydrazone groups is 1. The van der Waals surface area contributed by atoms with E-state index in [4.69, 9.17) is 9.15 Å². The lowest BCUT2D eigenvalue weighted by Crippen LogP contribution is -2.24. The smallest absolute Gasteiger partial charge is 0.277 e. The summed E-state index contributed by atoms with van der Waals surface area (Å²) in [5.41, 5.74) is 3.45. The predicted octanol–water partition coefficient (Wildman–Crippen LogP) is 2.78. The van der Waals surface area contributed by atoms with Crippen molar-refractivity contribution in [2.75, 3.05) is 6.61 Å². The fourth-order valence-corrected chi connectivity index (χ4v) is 1.56. The molecule has 1 heterocycles. The van der Waals surface area contributed by atoms with E-state index in [-0.39, 0.29) is 12.5 Å². The number of benzene rings is 1.